The van der Waals surface area contributed by atoms with Crippen LogP contribution in [0.3, 0.4) is 0 Å². The fourth-order valence-electron chi connectivity index (χ4n) is 2.86. The number of hydrogen-bond acceptors (Lipinski definition) is 3. The standard InChI is InChI=1S/C20H40O3/c1-19(2,3)15-11-7-9-13-17(21)14-10-8-12-16-20(4,5)18(22)23-6/h17,21H,7-16H2,1-6H3. The van der Waals surface area contributed by atoms with Crippen molar-refractivity contribution in [2.24, 2.45) is 10.8 Å². The van der Waals surface area contributed by atoms with Gasteiger partial charge in [-0.15, -0.1) is 0 Å². The molecule has 0 aliphatic carbocycles. The van der Waals surface area contributed by atoms with Gasteiger partial charge in [-0.05, 0) is 44.9 Å². The van der Waals surface area contributed by atoms with Crippen molar-refractivity contribution in [2.45, 2.75) is 105 Å². The van der Waals surface area contributed by atoms with E-state index >= 15 is 0 Å². The summed E-state index contributed by atoms with van der Waals surface area (Å²) in [6.45, 7) is 10.7. The second-order valence-corrected chi connectivity index (χ2v) is 8.79. The number of hydrogen-bond donors (Lipinski definition) is 1. The van der Waals surface area contributed by atoms with Crippen molar-refractivity contribution in [1.29, 1.82) is 0 Å². The SMILES string of the molecule is COC(=O)C(C)(C)CCCCCC(O)CCCCCC(C)(C)C. The minimum atomic E-state index is -0.388. The minimum Gasteiger partial charge on any atom is -0.469 e. The molecule has 0 fully saturated rings. The van der Waals surface area contributed by atoms with E-state index < -0.39 is 0 Å². The average Bonchev–Trinajstić information content (AvgIpc) is 2.44. The molecule has 3 nitrogen and oxygen atoms in total. The number of aliphatic hydroxyl groups is 1. The van der Waals surface area contributed by atoms with Crippen molar-refractivity contribution < 1.29 is 14.6 Å². The van der Waals surface area contributed by atoms with Crippen LogP contribution in [-0.2, 0) is 9.53 Å². The first-order valence-corrected chi connectivity index (χ1v) is 9.35. The Balaban J connectivity index is 3.57. The lowest BCUT2D eigenvalue weighted by Crippen LogP contribution is -2.25. The molecule has 0 aromatic heterocycles. The molecule has 0 saturated heterocycles. The van der Waals surface area contributed by atoms with Gasteiger partial charge in [0.15, 0.2) is 0 Å². The zero-order valence-corrected chi connectivity index (χ0v) is 16.4. The highest BCUT2D eigenvalue weighted by Crippen LogP contribution is 2.26. The molecule has 23 heavy (non-hydrogen) atoms. The van der Waals surface area contributed by atoms with Crippen molar-refractivity contribution in [1.82, 2.24) is 0 Å². The summed E-state index contributed by atoms with van der Waals surface area (Å²) in [7, 11) is 1.45. The van der Waals surface area contributed by atoms with Gasteiger partial charge in [-0.2, -0.15) is 0 Å². The topological polar surface area (TPSA) is 46.5 Å². The van der Waals surface area contributed by atoms with Gasteiger partial charge < -0.3 is 9.84 Å². The molecule has 0 saturated carbocycles. The van der Waals surface area contributed by atoms with Crippen LogP contribution in [-0.4, -0.2) is 24.3 Å². The molecule has 3 heteroatoms. The zero-order chi connectivity index (χ0) is 17.9. The van der Waals surface area contributed by atoms with E-state index in [1.165, 1.54) is 26.4 Å². The second kappa shape index (κ2) is 11.1. The van der Waals surface area contributed by atoms with Crippen LogP contribution in [0.1, 0.15) is 98.8 Å². The van der Waals surface area contributed by atoms with Crippen molar-refractivity contribution in [3.05, 3.63) is 0 Å². The summed E-state index contributed by atoms with van der Waals surface area (Å²) in [5.41, 5.74) is 0.0387. The number of aliphatic hydroxyl groups excluding tert-OH is 1. The van der Waals surface area contributed by atoms with E-state index in [0.29, 0.717) is 5.41 Å². The number of esters is 1. The number of methoxy groups -OCH3 is 1. The Bertz CT molecular complexity index is 315. The van der Waals surface area contributed by atoms with Crippen molar-refractivity contribution in [2.75, 3.05) is 7.11 Å². The monoisotopic (exact) mass is 328 g/mol. The molecule has 0 aromatic rings. The molecule has 0 heterocycles. The van der Waals surface area contributed by atoms with Crippen molar-refractivity contribution in [3.8, 4) is 0 Å². The van der Waals surface area contributed by atoms with Crippen LogP contribution in [0.2, 0.25) is 0 Å². The third kappa shape index (κ3) is 12.5. The van der Waals surface area contributed by atoms with Crippen LogP contribution in [0.15, 0.2) is 0 Å². The lowest BCUT2D eigenvalue weighted by Gasteiger charge is -2.21. The summed E-state index contributed by atoms with van der Waals surface area (Å²) in [5.74, 6) is -0.132. The summed E-state index contributed by atoms with van der Waals surface area (Å²) in [6, 6.07) is 0. The Morgan fingerprint density at radius 1 is 0.870 bits per heavy atom. The Morgan fingerprint density at radius 3 is 1.78 bits per heavy atom. The quantitative estimate of drug-likeness (QED) is 0.380. The number of unbranched alkanes of at least 4 members (excludes halogenated alkanes) is 4. The third-order valence-corrected chi connectivity index (χ3v) is 4.54. The van der Waals surface area contributed by atoms with E-state index in [2.05, 4.69) is 20.8 Å². The predicted octanol–water partition coefficient (Wildman–Crippen LogP) is 5.49. The fourth-order valence-corrected chi connectivity index (χ4v) is 2.86. The Morgan fingerprint density at radius 2 is 1.35 bits per heavy atom. The first-order chi connectivity index (χ1) is 10.6. The minimum absolute atomic E-state index is 0.132. The fraction of sp³-hybridized carbons (Fsp3) is 0.950. The molecule has 0 aromatic carbocycles. The zero-order valence-electron chi connectivity index (χ0n) is 16.4. The predicted molar refractivity (Wildman–Crippen MR) is 97.4 cm³/mol. The molecule has 1 atom stereocenters. The first-order valence-electron chi connectivity index (χ1n) is 9.35. The summed E-state index contributed by atoms with van der Waals surface area (Å²) in [6.07, 6.45) is 10.5. The highest BCUT2D eigenvalue weighted by Gasteiger charge is 2.27. The maximum Gasteiger partial charge on any atom is 0.311 e. The highest BCUT2D eigenvalue weighted by atomic mass is 16.5. The van der Waals surface area contributed by atoms with Crippen molar-refractivity contribution >= 4 is 5.97 Å². The van der Waals surface area contributed by atoms with E-state index in [1.54, 1.807) is 0 Å². The molecular formula is C20H40O3. The largest absolute Gasteiger partial charge is 0.469 e. The van der Waals surface area contributed by atoms with Gasteiger partial charge >= 0.3 is 5.97 Å². The molecule has 0 rings (SSSR count). The van der Waals surface area contributed by atoms with Gasteiger partial charge in [0.1, 0.15) is 0 Å². The van der Waals surface area contributed by atoms with Gasteiger partial charge in [-0.25, -0.2) is 0 Å². The molecular weight excluding hydrogens is 288 g/mol. The van der Waals surface area contributed by atoms with E-state index in [9.17, 15) is 9.90 Å². The lowest BCUT2D eigenvalue weighted by molar-refractivity contribution is -0.151. The van der Waals surface area contributed by atoms with Crippen LogP contribution >= 0.6 is 0 Å². The number of rotatable bonds is 12. The second-order valence-electron chi connectivity index (χ2n) is 8.79. The van der Waals surface area contributed by atoms with Crippen LogP contribution in [0.4, 0.5) is 0 Å². The smallest absolute Gasteiger partial charge is 0.311 e. The maximum absolute atomic E-state index is 11.6. The Kier molecular flexibility index (Phi) is 10.8. The van der Waals surface area contributed by atoms with Gasteiger partial charge in [0, 0.05) is 0 Å². The molecule has 0 amide bonds. The highest BCUT2D eigenvalue weighted by molar-refractivity contribution is 5.75. The molecule has 138 valence electrons. The summed E-state index contributed by atoms with van der Waals surface area (Å²) >= 11 is 0. The summed E-state index contributed by atoms with van der Waals surface area (Å²) < 4.78 is 4.82. The molecule has 1 unspecified atom stereocenters. The molecule has 0 spiro atoms. The van der Waals surface area contributed by atoms with E-state index in [4.69, 9.17) is 4.74 Å². The van der Waals surface area contributed by atoms with E-state index in [-0.39, 0.29) is 17.5 Å². The maximum atomic E-state index is 11.6. The van der Waals surface area contributed by atoms with Crippen LogP contribution in [0.25, 0.3) is 0 Å². The van der Waals surface area contributed by atoms with Crippen LogP contribution in [0.5, 0.6) is 0 Å². The van der Waals surface area contributed by atoms with Gasteiger partial charge in [0.05, 0.1) is 18.6 Å². The Labute approximate surface area is 144 Å². The molecule has 0 bridgehead atoms. The third-order valence-electron chi connectivity index (χ3n) is 4.54. The summed E-state index contributed by atoms with van der Waals surface area (Å²) in [5, 5.41) is 10.0. The van der Waals surface area contributed by atoms with Gasteiger partial charge in [-0.3, -0.25) is 4.79 Å². The lowest BCUT2D eigenvalue weighted by atomic mass is 9.87. The first kappa shape index (κ1) is 22.4. The molecule has 1 N–H and O–H groups in total. The molecule has 0 aliphatic heterocycles. The van der Waals surface area contributed by atoms with E-state index in [0.717, 1.165) is 44.9 Å². The summed E-state index contributed by atoms with van der Waals surface area (Å²) in [4.78, 5) is 11.6. The molecule has 0 aliphatic rings. The average molecular weight is 329 g/mol. The van der Waals surface area contributed by atoms with Gasteiger partial charge in [0.25, 0.3) is 0 Å². The number of carbonyl (C=O) groups excluding carboxylic acids is 1. The van der Waals surface area contributed by atoms with Gasteiger partial charge in [0.2, 0.25) is 0 Å². The van der Waals surface area contributed by atoms with Crippen molar-refractivity contribution in [3.63, 3.8) is 0 Å². The van der Waals surface area contributed by atoms with E-state index in [1.807, 2.05) is 13.8 Å². The Hall–Kier alpha value is -0.570. The van der Waals surface area contributed by atoms with Crippen LogP contribution in [0, 0.1) is 10.8 Å². The van der Waals surface area contributed by atoms with Crippen LogP contribution < -0.4 is 0 Å². The number of carbonyl (C=O) groups is 1. The molecule has 0 radical (unpaired) electrons. The van der Waals surface area contributed by atoms with Gasteiger partial charge in [-0.1, -0.05) is 59.3 Å². The number of ether oxygens (including phenoxy) is 1. The normalized spacial score (nSPS) is 13.9.